The van der Waals surface area contributed by atoms with Gasteiger partial charge in [-0.1, -0.05) is 0 Å². The maximum absolute atomic E-state index is 13.1. The molecule has 0 bridgehead atoms. The normalized spacial score (nSPS) is 13.7. The zero-order chi connectivity index (χ0) is 25.6. The van der Waals surface area contributed by atoms with Crippen LogP contribution in [0.5, 0.6) is 5.75 Å². The van der Waals surface area contributed by atoms with Crippen molar-refractivity contribution in [3.63, 3.8) is 0 Å². The number of nitro benzene ring substituents is 1. The molecule has 14 heteroatoms. The van der Waals surface area contributed by atoms with Crippen LogP contribution in [0.4, 0.5) is 35.9 Å². The quantitative estimate of drug-likeness (QED) is 0.354. The third kappa shape index (κ3) is 7.20. The number of amides is 2. The molecule has 2 aromatic rings. The van der Waals surface area contributed by atoms with Crippen LogP contribution in [0.1, 0.15) is 16.8 Å². The highest BCUT2D eigenvalue weighted by molar-refractivity contribution is 6.09. The fourth-order valence-corrected chi connectivity index (χ4v) is 3.38. The summed E-state index contributed by atoms with van der Waals surface area (Å²) in [6.07, 6.45) is -4.91. The standard InChI is InChI=1S/C21H22F3N5O6/c22-21(23,24)35-14-3-1-13(2-4-14)27-20(31)15-11-18(29(32)33)16(26-6-5-19(25)30)12-17(15)28-7-9-34-10-8-28/h1-4,11-12,26H,5-10H2,(H2,25,30)(H,27,31). The predicted octanol–water partition coefficient (Wildman–Crippen LogP) is 2.87. The van der Waals surface area contributed by atoms with Gasteiger partial charge in [0.25, 0.3) is 11.6 Å². The van der Waals surface area contributed by atoms with Gasteiger partial charge in [-0.2, -0.15) is 0 Å². The van der Waals surface area contributed by atoms with E-state index in [0.717, 1.165) is 18.2 Å². The van der Waals surface area contributed by atoms with Gasteiger partial charge in [0.1, 0.15) is 11.4 Å². The largest absolute Gasteiger partial charge is 0.573 e. The summed E-state index contributed by atoms with van der Waals surface area (Å²) in [7, 11) is 0. The molecule has 11 nitrogen and oxygen atoms in total. The van der Waals surface area contributed by atoms with Crippen molar-refractivity contribution in [3.05, 3.63) is 52.1 Å². The lowest BCUT2D eigenvalue weighted by atomic mass is 10.1. The van der Waals surface area contributed by atoms with Crippen molar-refractivity contribution in [1.29, 1.82) is 0 Å². The van der Waals surface area contributed by atoms with Crippen LogP contribution in [0, 0.1) is 10.1 Å². The number of anilines is 3. The van der Waals surface area contributed by atoms with E-state index in [-0.39, 0.29) is 29.9 Å². The molecule has 0 spiro atoms. The zero-order valence-electron chi connectivity index (χ0n) is 18.3. The van der Waals surface area contributed by atoms with Crippen LogP contribution < -0.4 is 26.0 Å². The van der Waals surface area contributed by atoms with Crippen molar-refractivity contribution in [2.75, 3.05) is 48.4 Å². The first-order valence-electron chi connectivity index (χ1n) is 10.4. The Labute approximate surface area is 197 Å². The maximum atomic E-state index is 13.1. The van der Waals surface area contributed by atoms with Gasteiger partial charge in [0.15, 0.2) is 0 Å². The second kappa shape index (κ2) is 10.9. The summed E-state index contributed by atoms with van der Waals surface area (Å²) >= 11 is 0. The number of hydrogen-bond donors (Lipinski definition) is 3. The summed E-state index contributed by atoms with van der Waals surface area (Å²) in [6, 6.07) is 7.02. The molecule has 1 aliphatic heterocycles. The molecule has 2 amide bonds. The summed E-state index contributed by atoms with van der Waals surface area (Å²) in [5.74, 6) is -1.76. The molecular formula is C21H22F3N5O6. The summed E-state index contributed by atoms with van der Waals surface area (Å²) < 4.78 is 46.2. The average Bonchev–Trinajstić information content (AvgIpc) is 2.79. The number of halogens is 3. The molecule has 0 aliphatic carbocycles. The highest BCUT2D eigenvalue weighted by atomic mass is 19.4. The van der Waals surface area contributed by atoms with Crippen molar-refractivity contribution in [3.8, 4) is 5.75 Å². The molecule has 1 saturated heterocycles. The molecule has 3 rings (SSSR count). The van der Waals surface area contributed by atoms with Crippen LogP contribution >= 0.6 is 0 Å². The molecule has 2 aromatic carbocycles. The lowest BCUT2D eigenvalue weighted by Gasteiger charge is -2.30. The second-order valence-corrected chi connectivity index (χ2v) is 7.41. The van der Waals surface area contributed by atoms with Gasteiger partial charge in [0.05, 0.1) is 29.4 Å². The molecule has 0 saturated carbocycles. The number of rotatable bonds is 9. The van der Waals surface area contributed by atoms with Crippen molar-refractivity contribution < 1.29 is 37.2 Å². The number of ether oxygens (including phenoxy) is 2. The average molecular weight is 497 g/mol. The maximum Gasteiger partial charge on any atom is 0.573 e. The lowest BCUT2D eigenvalue weighted by Crippen LogP contribution is -2.37. The van der Waals surface area contributed by atoms with E-state index < -0.39 is 34.5 Å². The van der Waals surface area contributed by atoms with E-state index in [0.29, 0.717) is 32.0 Å². The van der Waals surface area contributed by atoms with Gasteiger partial charge in [-0.25, -0.2) is 0 Å². The molecule has 1 aliphatic rings. The SMILES string of the molecule is NC(=O)CCNc1cc(N2CCOCC2)c(C(=O)Nc2ccc(OC(F)(F)F)cc2)cc1[N+](=O)[O-]. The molecule has 188 valence electrons. The van der Waals surface area contributed by atoms with Gasteiger partial charge in [-0.15, -0.1) is 13.2 Å². The summed E-state index contributed by atoms with van der Waals surface area (Å²) in [4.78, 5) is 37.0. The molecule has 0 atom stereocenters. The number of carbonyl (C=O) groups is 2. The minimum absolute atomic E-state index is 0.0188. The van der Waals surface area contributed by atoms with Crippen LogP contribution in [-0.2, 0) is 9.53 Å². The monoisotopic (exact) mass is 497 g/mol. The van der Waals surface area contributed by atoms with Crippen LogP contribution in [0.25, 0.3) is 0 Å². The second-order valence-electron chi connectivity index (χ2n) is 7.41. The highest BCUT2D eigenvalue weighted by Crippen LogP contribution is 2.35. The first-order valence-corrected chi connectivity index (χ1v) is 10.4. The third-order valence-corrected chi connectivity index (χ3v) is 4.94. The number of benzene rings is 2. The van der Waals surface area contributed by atoms with Crippen LogP contribution in [0.15, 0.2) is 36.4 Å². The van der Waals surface area contributed by atoms with E-state index in [1.807, 2.05) is 4.90 Å². The summed E-state index contributed by atoms with van der Waals surface area (Å²) in [5.41, 5.74) is 5.35. The Morgan fingerprint density at radius 1 is 1.17 bits per heavy atom. The topological polar surface area (TPSA) is 149 Å². The zero-order valence-corrected chi connectivity index (χ0v) is 18.3. The Bertz CT molecular complexity index is 1090. The van der Waals surface area contributed by atoms with Gasteiger partial charge < -0.3 is 30.7 Å². The van der Waals surface area contributed by atoms with Gasteiger partial charge in [0, 0.05) is 37.8 Å². The van der Waals surface area contributed by atoms with E-state index in [1.165, 1.54) is 18.2 Å². The van der Waals surface area contributed by atoms with Crippen LogP contribution in [-0.4, -0.2) is 55.9 Å². The highest BCUT2D eigenvalue weighted by Gasteiger charge is 2.31. The predicted molar refractivity (Wildman–Crippen MR) is 120 cm³/mol. The Morgan fingerprint density at radius 3 is 2.40 bits per heavy atom. The smallest absolute Gasteiger partial charge is 0.406 e. The molecule has 0 radical (unpaired) electrons. The summed E-state index contributed by atoms with van der Waals surface area (Å²) in [5, 5.41) is 17.0. The van der Waals surface area contributed by atoms with E-state index in [4.69, 9.17) is 10.5 Å². The fraction of sp³-hybridized carbons (Fsp3) is 0.333. The molecular weight excluding hydrogens is 475 g/mol. The van der Waals surface area contributed by atoms with Gasteiger partial charge >= 0.3 is 6.36 Å². The van der Waals surface area contributed by atoms with Gasteiger partial charge in [0.2, 0.25) is 5.91 Å². The van der Waals surface area contributed by atoms with Crippen LogP contribution in [0.3, 0.4) is 0 Å². The van der Waals surface area contributed by atoms with Gasteiger partial charge in [-0.05, 0) is 30.3 Å². The first kappa shape index (κ1) is 25.6. The first-order chi connectivity index (χ1) is 16.5. The Hall–Kier alpha value is -4.07. The molecule has 35 heavy (non-hydrogen) atoms. The number of carbonyl (C=O) groups excluding carboxylic acids is 2. The minimum Gasteiger partial charge on any atom is -0.406 e. The number of alkyl halides is 3. The van der Waals surface area contributed by atoms with E-state index >= 15 is 0 Å². The molecule has 1 fully saturated rings. The lowest BCUT2D eigenvalue weighted by molar-refractivity contribution is -0.384. The van der Waals surface area contributed by atoms with Gasteiger partial charge in [-0.3, -0.25) is 19.7 Å². The molecule has 1 heterocycles. The van der Waals surface area contributed by atoms with Crippen molar-refractivity contribution in [2.45, 2.75) is 12.8 Å². The fourth-order valence-electron chi connectivity index (χ4n) is 3.38. The van der Waals surface area contributed by atoms with E-state index in [2.05, 4.69) is 15.4 Å². The third-order valence-electron chi connectivity index (χ3n) is 4.94. The Balaban J connectivity index is 1.92. The van der Waals surface area contributed by atoms with Crippen LogP contribution in [0.2, 0.25) is 0 Å². The van der Waals surface area contributed by atoms with Crippen molar-refractivity contribution in [2.24, 2.45) is 5.73 Å². The summed E-state index contributed by atoms with van der Waals surface area (Å²) in [6.45, 7) is 1.65. The Kier molecular flexibility index (Phi) is 7.96. The van der Waals surface area contributed by atoms with E-state index in [9.17, 15) is 32.9 Å². The van der Waals surface area contributed by atoms with E-state index in [1.54, 1.807) is 0 Å². The molecule has 0 unspecified atom stereocenters. The molecule has 0 aromatic heterocycles. The van der Waals surface area contributed by atoms with Crippen molar-refractivity contribution in [1.82, 2.24) is 0 Å². The number of nitrogens with zero attached hydrogens (tertiary/aromatic N) is 2. The Morgan fingerprint density at radius 2 is 1.83 bits per heavy atom. The number of primary amides is 1. The number of nitro groups is 1. The minimum atomic E-state index is -4.86. The number of hydrogen-bond acceptors (Lipinski definition) is 8. The number of nitrogens with two attached hydrogens (primary N) is 1. The molecule has 4 N–H and O–H groups in total. The van der Waals surface area contributed by atoms with Crippen molar-refractivity contribution >= 4 is 34.6 Å². The number of nitrogens with one attached hydrogen (secondary N) is 2. The number of morpholine rings is 1.